The van der Waals surface area contributed by atoms with Gasteiger partial charge >= 0.3 is 0 Å². The monoisotopic (exact) mass is 494 g/mol. The van der Waals surface area contributed by atoms with E-state index in [0.717, 1.165) is 24.9 Å². The van der Waals surface area contributed by atoms with E-state index in [1.54, 1.807) is 6.26 Å². The number of rotatable bonds is 8. The number of furan rings is 1. The minimum atomic E-state index is 0. The minimum Gasteiger partial charge on any atom is -0.461 e. The quantitative estimate of drug-likeness (QED) is 0.253. The van der Waals surface area contributed by atoms with Crippen LogP contribution in [0, 0.1) is 0 Å². The number of benzene rings is 1. The Kier molecular flexibility index (Phi) is 8.99. The zero-order valence-corrected chi connectivity index (χ0v) is 18.5. The van der Waals surface area contributed by atoms with E-state index in [1.807, 2.05) is 18.2 Å². The highest BCUT2D eigenvalue weighted by Crippen LogP contribution is 2.15. The highest BCUT2D eigenvalue weighted by atomic mass is 127. The van der Waals surface area contributed by atoms with Crippen molar-refractivity contribution < 1.29 is 4.42 Å². The van der Waals surface area contributed by atoms with Gasteiger partial charge in [0, 0.05) is 32.0 Å². The molecule has 2 heterocycles. The van der Waals surface area contributed by atoms with Crippen molar-refractivity contribution in [3.8, 4) is 11.6 Å². The Hall–Kier alpha value is -2.36. The second kappa shape index (κ2) is 11.5. The summed E-state index contributed by atoms with van der Waals surface area (Å²) in [5, 5.41) is 13.8. The van der Waals surface area contributed by atoms with Gasteiger partial charge in [-0.15, -0.1) is 24.0 Å². The van der Waals surface area contributed by atoms with E-state index in [-0.39, 0.29) is 24.0 Å². The van der Waals surface area contributed by atoms with E-state index in [1.165, 1.54) is 5.56 Å². The van der Waals surface area contributed by atoms with E-state index in [2.05, 4.69) is 63.9 Å². The molecule has 0 saturated carbocycles. The lowest BCUT2D eigenvalue weighted by Crippen LogP contribution is -2.38. The Labute approximate surface area is 182 Å². The summed E-state index contributed by atoms with van der Waals surface area (Å²) in [4.78, 5) is 9.15. The summed E-state index contributed by atoms with van der Waals surface area (Å²) in [6.07, 6.45) is 2.33. The number of aromatic amines is 1. The van der Waals surface area contributed by atoms with Crippen LogP contribution >= 0.6 is 24.0 Å². The number of aromatic nitrogens is 3. The number of nitrogens with zero attached hydrogens (tertiary/aromatic N) is 3. The van der Waals surface area contributed by atoms with Gasteiger partial charge in [0.25, 0.3) is 0 Å². The first-order valence-electron chi connectivity index (χ1n) is 9.28. The third-order valence-corrected chi connectivity index (χ3v) is 4.16. The number of nitrogens with one attached hydrogen (secondary N) is 3. The van der Waals surface area contributed by atoms with Gasteiger partial charge in [0.15, 0.2) is 11.7 Å². The van der Waals surface area contributed by atoms with Crippen LogP contribution in [-0.4, -0.2) is 40.8 Å². The van der Waals surface area contributed by atoms with Crippen LogP contribution in [0.15, 0.2) is 58.1 Å². The van der Waals surface area contributed by atoms with Crippen molar-refractivity contribution in [3.63, 3.8) is 0 Å². The number of halogens is 1. The SMILES string of the molecule is CCNC(=NCC(C)c1ccccc1)NCCc1nc(-c2ccco2)n[nH]1.I. The van der Waals surface area contributed by atoms with Gasteiger partial charge in [0.2, 0.25) is 5.82 Å². The number of aliphatic imine (C=N–C) groups is 1. The molecule has 150 valence electrons. The smallest absolute Gasteiger partial charge is 0.216 e. The summed E-state index contributed by atoms with van der Waals surface area (Å²) in [7, 11) is 0. The second-order valence-corrected chi connectivity index (χ2v) is 6.29. The first kappa shape index (κ1) is 21.9. The van der Waals surface area contributed by atoms with Crippen LogP contribution in [-0.2, 0) is 6.42 Å². The fourth-order valence-corrected chi connectivity index (χ4v) is 2.68. The molecular formula is C20H27IN6O. The highest BCUT2D eigenvalue weighted by Gasteiger charge is 2.09. The Morgan fingerprint density at radius 3 is 2.71 bits per heavy atom. The lowest BCUT2D eigenvalue weighted by atomic mass is 10.0. The van der Waals surface area contributed by atoms with Crippen molar-refractivity contribution in [3.05, 3.63) is 60.1 Å². The Balaban J connectivity index is 0.00000280. The Morgan fingerprint density at radius 2 is 2.00 bits per heavy atom. The highest BCUT2D eigenvalue weighted by molar-refractivity contribution is 14.0. The molecule has 8 heteroatoms. The van der Waals surface area contributed by atoms with Crippen molar-refractivity contribution in [1.29, 1.82) is 0 Å². The average molecular weight is 494 g/mol. The Bertz CT molecular complexity index is 832. The van der Waals surface area contributed by atoms with Crippen LogP contribution in [0.4, 0.5) is 0 Å². The van der Waals surface area contributed by atoms with Gasteiger partial charge in [-0.05, 0) is 24.6 Å². The van der Waals surface area contributed by atoms with E-state index < -0.39 is 0 Å². The third kappa shape index (κ3) is 6.36. The number of hydrogen-bond donors (Lipinski definition) is 3. The maximum atomic E-state index is 5.31. The lowest BCUT2D eigenvalue weighted by Gasteiger charge is -2.13. The lowest BCUT2D eigenvalue weighted by molar-refractivity contribution is 0.577. The van der Waals surface area contributed by atoms with Crippen molar-refractivity contribution in [2.24, 2.45) is 4.99 Å². The van der Waals surface area contributed by atoms with E-state index in [9.17, 15) is 0 Å². The molecule has 0 saturated heterocycles. The maximum Gasteiger partial charge on any atom is 0.216 e. The molecule has 1 atom stereocenters. The van der Waals surface area contributed by atoms with Gasteiger partial charge in [0.05, 0.1) is 6.26 Å². The van der Waals surface area contributed by atoms with Gasteiger partial charge in [-0.3, -0.25) is 10.1 Å². The zero-order valence-electron chi connectivity index (χ0n) is 16.2. The molecule has 0 fully saturated rings. The summed E-state index contributed by atoms with van der Waals surface area (Å²) < 4.78 is 5.31. The molecule has 2 aromatic heterocycles. The molecule has 0 radical (unpaired) electrons. The van der Waals surface area contributed by atoms with Crippen molar-refractivity contribution >= 4 is 29.9 Å². The maximum absolute atomic E-state index is 5.31. The number of guanidine groups is 1. The molecule has 0 aliphatic carbocycles. The fraction of sp³-hybridized carbons (Fsp3) is 0.350. The molecule has 0 spiro atoms. The fourth-order valence-electron chi connectivity index (χ4n) is 2.68. The summed E-state index contributed by atoms with van der Waals surface area (Å²) >= 11 is 0. The molecular weight excluding hydrogens is 467 g/mol. The van der Waals surface area contributed by atoms with Crippen LogP contribution in [0.1, 0.15) is 31.2 Å². The van der Waals surface area contributed by atoms with Crippen LogP contribution in [0.2, 0.25) is 0 Å². The third-order valence-electron chi connectivity index (χ3n) is 4.16. The Morgan fingerprint density at radius 1 is 1.18 bits per heavy atom. The van der Waals surface area contributed by atoms with Crippen LogP contribution in [0.5, 0.6) is 0 Å². The van der Waals surface area contributed by atoms with Gasteiger partial charge in [-0.2, -0.15) is 5.10 Å². The molecule has 0 aliphatic rings. The van der Waals surface area contributed by atoms with E-state index in [4.69, 9.17) is 9.41 Å². The molecule has 3 rings (SSSR count). The van der Waals surface area contributed by atoms with Crippen molar-refractivity contribution in [2.75, 3.05) is 19.6 Å². The van der Waals surface area contributed by atoms with Gasteiger partial charge in [-0.25, -0.2) is 4.98 Å². The minimum absolute atomic E-state index is 0. The largest absolute Gasteiger partial charge is 0.461 e. The molecule has 1 unspecified atom stereocenters. The molecule has 3 N–H and O–H groups in total. The van der Waals surface area contributed by atoms with Gasteiger partial charge in [-0.1, -0.05) is 37.3 Å². The number of H-pyrrole nitrogens is 1. The normalized spacial score (nSPS) is 12.3. The first-order chi connectivity index (χ1) is 13.3. The predicted octanol–water partition coefficient (Wildman–Crippen LogP) is 3.58. The summed E-state index contributed by atoms with van der Waals surface area (Å²) in [6.45, 7) is 6.50. The second-order valence-electron chi connectivity index (χ2n) is 6.29. The molecule has 0 aliphatic heterocycles. The standard InChI is InChI=1S/C20H26N6O.HI/c1-3-21-20(23-14-15(2)16-8-5-4-6-9-16)22-12-11-18-24-19(26-25-18)17-10-7-13-27-17;/h4-10,13,15H,3,11-12,14H2,1-2H3,(H2,21,22,23)(H,24,25,26);1H. The predicted molar refractivity (Wildman–Crippen MR) is 122 cm³/mol. The average Bonchev–Trinajstić information content (AvgIpc) is 3.38. The molecule has 0 bridgehead atoms. The van der Waals surface area contributed by atoms with Crippen molar-refractivity contribution in [2.45, 2.75) is 26.2 Å². The van der Waals surface area contributed by atoms with Gasteiger partial charge in [0.1, 0.15) is 5.82 Å². The summed E-state index contributed by atoms with van der Waals surface area (Å²) in [5.74, 6) is 3.22. The van der Waals surface area contributed by atoms with Crippen molar-refractivity contribution in [1.82, 2.24) is 25.8 Å². The molecule has 28 heavy (non-hydrogen) atoms. The molecule has 0 amide bonds. The molecule has 3 aromatic rings. The van der Waals surface area contributed by atoms with E-state index in [0.29, 0.717) is 30.5 Å². The summed E-state index contributed by atoms with van der Waals surface area (Å²) in [6, 6.07) is 14.1. The summed E-state index contributed by atoms with van der Waals surface area (Å²) in [5.41, 5.74) is 1.30. The zero-order chi connectivity index (χ0) is 18.9. The van der Waals surface area contributed by atoms with Crippen LogP contribution in [0.25, 0.3) is 11.6 Å². The topological polar surface area (TPSA) is 91.1 Å². The van der Waals surface area contributed by atoms with E-state index >= 15 is 0 Å². The first-order valence-corrected chi connectivity index (χ1v) is 9.28. The number of hydrogen-bond acceptors (Lipinski definition) is 4. The van der Waals surface area contributed by atoms with Crippen LogP contribution in [0.3, 0.4) is 0 Å². The molecule has 7 nitrogen and oxygen atoms in total. The van der Waals surface area contributed by atoms with Gasteiger partial charge < -0.3 is 15.1 Å². The van der Waals surface area contributed by atoms with Crippen LogP contribution < -0.4 is 10.6 Å². The molecule has 1 aromatic carbocycles.